The summed E-state index contributed by atoms with van der Waals surface area (Å²) in [6.45, 7) is -0.324. The van der Waals surface area contributed by atoms with Crippen LogP contribution in [0, 0.1) is 5.92 Å². The van der Waals surface area contributed by atoms with E-state index >= 15 is 0 Å². The van der Waals surface area contributed by atoms with E-state index < -0.39 is 11.8 Å². The summed E-state index contributed by atoms with van der Waals surface area (Å²) in [6.07, 6.45) is 1.41. The average molecular weight is 341 g/mol. The summed E-state index contributed by atoms with van der Waals surface area (Å²) >= 11 is 11.8. The highest BCUT2D eigenvalue weighted by atomic mass is 35.5. The molecular formula is C16H14Cl2O4. The Hall–Kier alpha value is -1.65. The van der Waals surface area contributed by atoms with Gasteiger partial charge in [0.05, 0.1) is 5.03 Å². The fraction of sp³-hybridized carbons (Fsp3) is 0.312. The molecule has 22 heavy (non-hydrogen) atoms. The van der Waals surface area contributed by atoms with Crippen LogP contribution in [-0.2, 0) is 14.3 Å². The number of halogens is 2. The summed E-state index contributed by atoms with van der Waals surface area (Å²) < 4.78 is 4.87. The van der Waals surface area contributed by atoms with Crippen molar-refractivity contribution in [2.24, 2.45) is 5.92 Å². The van der Waals surface area contributed by atoms with Gasteiger partial charge in [-0.1, -0.05) is 53.5 Å². The maximum atomic E-state index is 12.0. The molecule has 1 aliphatic carbocycles. The van der Waals surface area contributed by atoms with Crippen molar-refractivity contribution < 1.29 is 19.1 Å². The summed E-state index contributed by atoms with van der Waals surface area (Å²) in [5.41, 5.74) is 0.390. The number of rotatable bonds is 7. The van der Waals surface area contributed by atoms with Gasteiger partial charge in [0.2, 0.25) is 5.78 Å². The number of carbonyl (C=O) groups excluding carboxylic acids is 3. The predicted octanol–water partition coefficient (Wildman–Crippen LogP) is 3.47. The lowest BCUT2D eigenvalue weighted by Gasteiger charge is -2.06. The Bertz CT molecular complexity index is 618. The number of Topliss-reactive ketones (excluding diaryl/α,β-unsaturated/α-hetero) is 2. The van der Waals surface area contributed by atoms with E-state index in [1.165, 1.54) is 0 Å². The highest BCUT2D eigenvalue weighted by Crippen LogP contribution is 2.31. The summed E-state index contributed by atoms with van der Waals surface area (Å²) in [7, 11) is 0. The van der Waals surface area contributed by atoms with Gasteiger partial charge in [0.25, 0.3) is 0 Å². The van der Waals surface area contributed by atoms with Crippen molar-refractivity contribution in [2.75, 3.05) is 6.61 Å². The van der Waals surface area contributed by atoms with E-state index in [0.29, 0.717) is 5.56 Å². The molecular weight excluding hydrogens is 327 g/mol. The number of esters is 1. The minimum atomic E-state index is -0.660. The lowest BCUT2D eigenvalue weighted by atomic mass is 10.1. The molecule has 0 atom stereocenters. The predicted molar refractivity (Wildman–Crippen MR) is 82.8 cm³/mol. The Balaban J connectivity index is 1.89. The normalized spacial score (nSPS) is 15.0. The first-order valence-corrected chi connectivity index (χ1v) is 7.57. The van der Waals surface area contributed by atoms with E-state index in [1.807, 2.05) is 0 Å². The molecule has 0 amide bonds. The first-order chi connectivity index (χ1) is 10.5. The molecule has 0 bridgehead atoms. The fourth-order valence-corrected chi connectivity index (χ4v) is 2.09. The fourth-order valence-electron chi connectivity index (χ4n) is 1.79. The van der Waals surface area contributed by atoms with Crippen molar-refractivity contribution in [1.82, 2.24) is 0 Å². The van der Waals surface area contributed by atoms with Gasteiger partial charge in [-0.3, -0.25) is 14.4 Å². The molecule has 0 radical (unpaired) electrons. The van der Waals surface area contributed by atoms with Crippen molar-refractivity contribution >= 4 is 40.7 Å². The second kappa shape index (κ2) is 7.56. The van der Waals surface area contributed by atoms with Gasteiger partial charge in [0.15, 0.2) is 0 Å². The van der Waals surface area contributed by atoms with Crippen molar-refractivity contribution in [3.63, 3.8) is 0 Å². The highest BCUT2D eigenvalue weighted by molar-refractivity contribution is 6.50. The standard InChI is InChI=1S/C16H14Cl2O4/c17-12(9-22-14(20)8-13(19)10-6-7-10)15(18)16(21)11-4-2-1-3-5-11/h1-5,10H,6-9H2. The van der Waals surface area contributed by atoms with E-state index in [-0.39, 0.29) is 34.8 Å². The molecule has 0 spiro atoms. The second-order valence-electron chi connectivity index (χ2n) is 4.99. The number of benzene rings is 1. The molecule has 1 saturated carbocycles. The molecule has 1 aliphatic rings. The Labute approximate surface area is 138 Å². The van der Waals surface area contributed by atoms with Gasteiger partial charge in [-0.15, -0.1) is 0 Å². The van der Waals surface area contributed by atoms with Gasteiger partial charge in [-0.25, -0.2) is 0 Å². The van der Waals surface area contributed by atoms with Crippen molar-refractivity contribution in [3.8, 4) is 0 Å². The zero-order valence-corrected chi connectivity index (χ0v) is 13.2. The van der Waals surface area contributed by atoms with E-state index in [2.05, 4.69) is 0 Å². The molecule has 1 fully saturated rings. The van der Waals surface area contributed by atoms with E-state index in [9.17, 15) is 14.4 Å². The van der Waals surface area contributed by atoms with E-state index in [4.69, 9.17) is 27.9 Å². The molecule has 1 aromatic rings. The lowest BCUT2D eigenvalue weighted by molar-refractivity contribution is -0.145. The van der Waals surface area contributed by atoms with Crippen LogP contribution in [0.3, 0.4) is 0 Å². The number of carbonyl (C=O) groups is 3. The lowest BCUT2D eigenvalue weighted by Crippen LogP contribution is -2.14. The number of ether oxygens (including phenoxy) is 1. The van der Waals surface area contributed by atoms with Gasteiger partial charge in [0, 0.05) is 11.5 Å². The van der Waals surface area contributed by atoms with Gasteiger partial charge in [-0.2, -0.15) is 0 Å². The van der Waals surface area contributed by atoms with Crippen LogP contribution in [0.15, 0.2) is 40.4 Å². The molecule has 1 aromatic carbocycles. The molecule has 0 aliphatic heterocycles. The summed E-state index contributed by atoms with van der Waals surface area (Å²) in [5.74, 6) is -1.22. The third kappa shape index (κ3) is 4.68. The molecule has 116 valence electrons. The van der Waals surface area contributed by atoms with Crippen LogP contribution in [0.5, 0.6) is 0 Å². The average Bonchev–Trinajstić information content (AvgIpc) is 3.36. The van der Waals surface area contributed by atoms with Crippen LogP contribution < -0.4 is 0 Å². The molecule has 0 unspecified atom stereocenters. The van der Waals surface area contributed by atoms with Crippen LogP contribution in [0.1, 0.15) is 29.6 Å². The Morgan fingerprint density at radius 1 is 1.09 bits per heavy atom. The van der Waals surface area contributed by atoms with Crippen LogP contribution in [0.25, 0.3) is 0 Å². The molecule has 0 heterocycles. The zero-order valence-electron chi connectivity index (χ0n) is 11.7. The second-order valence-corrected chi connectivity index (χ2v) is 5.83. The third-order valence-corrected chi connectivity index (χ3v) is 3.98. The molecule has 6 heteroatoms. The van der Waals surface area contributed by atoms with Gasteiger partial charge >= 0.3 is 5.97 Å². The largest absolute Gasteiger partial charge is 0.459 e. The minimum Gasteiger partial charge on any atom is -0.459 e. The zero-order chi connectivity index (χ0) is 16.1. The number of allylic oxidation sites excluding steroid dienone is 1. The van der Waals surface area contributed by atoms with Crippen LogP contribution in [0.4, 0.5) is 0 Å². The summed E-state index contributed by atoms with van der Waals surface area (Å²) in [6, 6.07) is 8.39. The van der Waals surface area contributed by atoms with Crippen LogP contribution in [0.2, 0.25) is 0 Å². The third-order valence-electron chi connectivity index (χ3n) is 3.18. The Morgan fingerprint density at radius 3 is 2.32 bits per heavy atom. The Kier molecular flexibility index (Phi) is 5.75. The monoisotopic (exact) mass is 340 g/mol. The summed E-state index contributed by atoms with van der Waals surface area (Å²) in [5, 5.41) is -0.267. The Morgan fingerprint density at radius 2 is 1.73 bits per heavy atom. The molecule has 0 N–H and O–H groups in total. The van der Waals surface area contributed by atoms with Crippen molar-refractivity contribution in [2.45, 2.75) is 19.3 Å². The smallest absolute Gasteiger partial charge is 0.313 e. The quantitative estimate of drug-likeness (QED) is 0.330. The number of hydrogen-bond donors (Lipinski definition) is 0. The van der Waals surface area contributed by atoms with E-state index in [1.54, 1.807) is 30.3 Å². The topological polar surface area (TPSA) is 60.4 Å². The number of hydrogen-bond acceptors (Lipinski definition) is 4. The number of ketones is 2. The maximum Gasteiger partial charge on any atom is 0.313 e. The van der Waals surface area contributed by atoms with E-state index in [0.717, 1.165) is 12.8 Å². The van der Waals surface area contributed by atoms with Gasteiger partial charge in [0.1, 0.15) is 23.8 Å². The van der Waals surface area contributed by atoms with Gasteiger partial charge in [-0.05, 0) is 12.8 Å². The van der Waals surface area contributed by atoms with Gasteiger partial charge < -0.3 is 4.74 Å². The molecule has 0 saturated heterocycles. The summed E-state index contributed by atoms with van der Waals surface area (Å²) in [4.78, 5) is 35.0. The first kappa shape index (κ1) is 16.7. The SMILES string of the molecule is O=C(CC(=O)C1CC1)OCC(Cl)=C(Cl)C(=O)c1ccccc1. The minimum absolute atomic E-state index is 0.00168. The molecule has 4 nitrogen and oxygen atoms in total. The molecule has 2 rings (SSSR count). The molecule has 0 aromatic heterocycles. The highest BCUT2D eigenvalue weighted by Gasteiger charge is 2.31. The first-order valence-electron chi connectivity index (χ1n) is 6.81. The van der Waals surface area contributed by atoms with Crippen LogP contribution >= 0.6 is 23.2 Å². The maximum absolute atomic E-state index is 12.0. The van der Waals surface area contributed by atoms with Crippen molar-refractivity contribution in [3.05, 3.63) is 46.0 Å². The van der Waals surface area contributed by atoms with Crippen LogP contribution in [-0.4, -0.2) is 24.1 Å². The van der Waals surface area contributed by atoms with Crippen molar-refractivity contribution in [1.29, 1.82) is 0 Å².